The number of hydrogen-bond donors (Lipinski definition) is 8. The molecule has 3 aromatic heterocycles. The standard InChI is InChI=1S/C43H54N10O6/c1-25(51-41(57)27(17-29-22-49-35-11-5-3-9-32(29)35)19-39(55)33(45)20-30-23-47-24-50-30)38(54)18-26(16-28-21-48-34-10-4-2-8-31(28)34)42(58)52-36-13-15-53(43(36)59)37(40(46)56)12-6-7-14-44/h2-5,8-11,21-27,33,36-37,48-49H,6-7,12-20,44-45H2,1H3,(H2,46,56)(H,47,50)(H,51,57)(H,52,58)/t25-,26+,27-,33-,36-,37-/m0/s1. The molecule has 0 radical (unpaired) electrons. The molecule has 4 heterocycles. The summed E-state index contributed by atoms with van der Waals surface area (Å²) < 4.78 is 0. The zero-order valence-electron chi connectivity index (χ0n) is 33.2. The van der Waals surface area contributed by atoms with E-state index in [4.69, 9.17) is 17.2 Å². The van der Waals surface area contributed by atoms with Gasteiger partial charge >= 0.3 is 0 Å². The van der Waals surface area contributed by atoms with Crippen LogP contribution in [0.15, 0.2) is 73.4 Å². The molecular weight excluding hydrogens is 753 g/mol. The Balaban J connectivity index is 1.17. The molecule has 6 rings (SSSR count). The number of rotatable bonds is 22. The van der Waals surface area contributed by atoms with Crippen LogP contribution in [0.4, 0.5) is 0 Å². The first-order valence-electron chi connectivity index (χ1n) is 20.2. The van der Waals surface area contributed by atoms with E-state index < -0.39 is 65.4 Å². The molecule has 0 aliphatic carbocycles. The Morgan fingerprint density at radius 3 is 2.05 bits per heavy atom. The van der Waals surface area contributed by atoms with Gasteiger partial charge in [0.15, 0.2) is 11.6 Å². The summed E-state index contributed by atoms with van der Waals surface area (Å²) in [6.07, 6.45) is 8.83. The molecule has 0 saturated carbocycles. The molecule has 16 nitrogen and oxygen atoms in total. The first kappa shape index (κ1) is 42.5. The molecular formula is C43H54N10O6. The van der Waals surface area contributed by atoms with Crippen molar-refractivity contribution in [1.82, 2.24) is 35.5 Å². The summed E-state index contributed by atoms with van der Waals surface area (Å²) in [6.45, 7) is 2.25. The van der Waals surface area contributed by atoms with Crippen LogP contribution in [0.2, 0.25) is 0 Å². The molecule has 16 heteroatoms. The van der Waals surface area contributed by atoms with Gasteiger partial charge in [0.1, 0.15) is 12.1 Å². The van der Waals surface area contributed by atoms with Crippen molar-refractivity contribution in [3.8, 4) is 0 Å². The topological polar surface area (TPSA) is 268 Å². The van der Waals surface area contributed by atoms with E-state index in [0.29, 0.717) is 31.5 Å². The molecule has 6 atom stereocenters. The zero-order chi connectivity index (χ0) is 42.1. The minimum atomic E-state index is -1.02. The van der Waals surface area contributed by atoms with Crippen molar-refractivity contribution >= 4 is 57.0 Å². The number of nitrogens with zero attached hydrogens (tertiary/aromatic N) is 2. The summed E-state index contributed by atoms with van der Waals surface area (Å²) in [4.78, 5) is 96.3. The van der Waals surface area contributed by atoms with Crippen LogP contribution < -0.4 is 27.8 Å². The van der Waals surface area contributed by atoms with Crippen molar-refractivity contribution in [2.45, 2.75) is 88.9 Å². The number of likely N-dealkylation sites (tertiary alicyclic amines) is 1. The van der Waals surface area contributed by atoms with E-state index in [1.54, 1.807) is 19.3 Å². The van der Waals surface area contributed by atoms with Crippen LogP contribution in [0, 0.1) is 11.8 Å². The summed E-state index contributed by atoms with van der Waals surface area (Å²) in [5, 5.41) is 7.50. The average Bonchev–Trinajstić information content (AvgIpc) is 4.04. The molecule has 59 heavy (non-hydrogen) atoms. The van der Waals surface area contributed by atoms with E-state index in [1.807, 2.05) is 54.7 Å². The first-order valence-corrected chi connectivity index (χ1v) is 20.2. The Hall–Kier alpha value is -6.13. The van der Waals surface area contributed by atoms with Crippen LogP contribution in [0.1, 0.15) is 62.3 Å². The van der Waals surface area contributed by atoms with Gasteiger partial charge in [-0.2, -0.15) is 0 Å². The van der Waals surface area contributed by atoms with Gasteiger partial charge in [0.25, 0.3) is 0 Å². The number of primary amides is 1. The maximum atomic E-state index is 14.1. The first-order chi connectivity index (χ1) is 28.4. The number of para-hydroxylation sites is 2. The largest absolute Gasteiger partial charge is 0.368 e. The van der Waals surface area contributed by atoms with Crippen molar-refractivity contribution in [1.29, 1.82) is 0 Å². The fraction of sp³-hybridized carbons (Fsp3) is 0.419. The predicted octanol–water partition coefficient (Wildman–Crippen LogP) is 2.08. The van der Waals surface area contributed by atoms with Gasteiger partial charge in [-0.1, -0.05) is 36.4 Å². The Kier molecular flexibility index (Phi) is 14.1. The number of carbonyl (C=O) groups is 6. The predicted molar refractivity (Wildman–Crippen MR) is 222 cm³/mol. The van der Waals surface area contributed by atoms with E-state index in [9.17, 15) is 28.8 Å². The smallest absolute Gasteiger partial charge is 0.245 e. The number of nitrogens with one attached hydrogen (secondary N) is 5. The number of hydrogen-bond acceptors (Lipinski definition) is 9. The van der Waals surface area contributed by atoms with Gasteiger partial charge in [0, 0.05) is 83.7 Å². The van der Waals surface area contributed by atoms with Gasteiger partial charge in [-0.05, 0) is 75.3 Å². The summed E-state index contributed by atoms with van der Waals surface area (Å²) in [7, 11) is 0. The Morgan fingerprint density at radius 1 is 0.847 bits per heavy atom. The second-order valence-corrected chi connectivity index (χ2v) is 15.6. The number of aromatic nitrogens is 4. The van der Waals surface area contributed by atoms with Crippen molar-refractivity contribution < 1.29 is 28.8 Å². The number of carbonyl (C=O) groups excluding carboxylic acids is 6. The summed E-state index contributed by atoms with van der Waals surface area (Å²) in [6, 6.07) is 11.6. The van der Waals surface area contributed by atoms with E-state index >= 15 is 0 Å². The number of nitrogens with two attached hydrogens (primary N) is 3. The SMILES string of the molecule is C[C@H](NC(=O)[C@H](CC(=O)[C@@H](N)Cc1cnc[nH]1)Cc1c[nH]c2ccccc12)C(=O)C[C@@H](Cc1c[nH]c2ccccc12)C(=O)N[C@H]1CCN([C@@H](CCCCN)C(N)=O)C1=O. The summed E-state index contributed by atoms with van der Waals surface area (Å²) in [5.41, 5.74) is 21.7. The van der Waals surface area contributed by atoms with Crippen LogP contribution in [-0.4, -0.2) is 97.3 Å². The molecule has 0 bridgehead atoms. The van der Waals surface area contributed by atoms with Gasteiger partial charge in [0.2, 0.25) is 23.6 Å². The van der Waals surface area contributed by atoms with Gasteiger partial charge in [-0.25, -0.2) is 4.98 Å². The molecule has 312 valence electrons. The van der Waals surface area contributed by atoms with Gasteiger partial charge in [0.05, 0.1) is 18.4 Å². The summed E-state index contributed by atoms with van der Waals surface area (Å²) >= 11 is 0. The normalized spacial score (nSPS) is 16.8. The number of benzene rings is 2. The van der Waals surface area contributed by atoms with Gasteiger partial charge in [-0.3, -0.25) is 28.8 Å². The molecule has 4 amide bonds. The number of fused-ring (bicyclic) bond motifs is 2. The highest BCUT2D eigenvalue weighted by atomic mass is 16.2. The second-order valence-electron chi connectivity index (χ2n) is 15.6. The molecule has 5 aromatic rings. The maximum absolute atomic E-state index is 14.1. The van der Waals surface area contributed by atoms with Crippen molar-refractivity contribution in [2.75, 3.05) is 13.1 Å². The zero-order valence-corrected chi connectivity index (χ0v) is 33.2. The number of aromatic amines is 3. The Labute approximate surface area is 341 Å². The number of H-pyrrole nitrogens is 3. The van der Waals surface area contributed by atoms with E-state index in [-0.39, 0.29) is 50.9 Å². The van der Waals surface area contributed by atoms with Gasteiger partial charge in [-0.15, -0.1) is 0 Å². The van der Waals surface area contributed by atoms with E-state index in [1.165, 1.54) is 11.2 Å². The highest BCUT2D eigenvalue weighted by Crippen LogP contribution is 2.26. The highest BCUT2D eigenvalue weighted by molar-refractivity contribution is 5.97. The third-order valence-corrected chi connectivity index (χ3v) is 11.4. The molecule has 1 fully saturated rings. The summed E-state index contributed by atoms with van der Waals surface area (Å²) in [5.74, 6) is -4.52. The van der Waals surface area contributed by atoms with Crippen molar-refractivity contribution in [3.63, 3.8) is 0 Å². The third-order valence-electron chi connectivity index (χ3n) is 11.4. The van der Waals surface area contributed by atoms with Crippen LogP contribution in [-0.2, 0) is 48.0 Å². The third kappa shape index (κ3) is 10.5. The Morgan fingerprint density at radius 2 is 1.46 bits per heavy atom. The molecule has 0 unspecified atom stereocenters. The number of Topliss-reactive ketones (excluding diaryl/α,β-unsaturated/α-hetero) is 2. The minimum Gasteiger partial charge on any atom is -0.368 e. The van der Waals surface area contributed by atoms with E-state index in [0.717, 1.165) is 32.9 Å². The van der Waals surface area contributed by atoms with Crippen molar-refractivity contribution in [3.05, 3.63) is 90.3 Å². The second kappa shape index (κ2) is 19.5. The molecule has 2 aromatic carbocycles. The van der Waals surface area contributed by atoms with E-state index in [2.05, 4.69) is 30.6 Å². The number of amides is 4. The lowest BCUT2D eigenvalue weighted by atomic mass is 9.89. The maximum Gasteiger partial charge on any atom is 0.245 e. The lowest BCUT2D eigenvalue weighted by Gasteiger charge is -2.26. The average molecular weight is 807 g/mol. The molecule has 1 aliphatic heterocycles. The number of unbranched alkanes of at least 4 members (excludes halogenated alkanes) is 1. The highest BCUT2D eigenvalue weighted by Gasteiger charge is 2.40. The van der Waals surface area contributed by atoms with Crippen molar-refractivity contribution in [2.24, 2.45) is 29.0 Å². The lowest BCUT2D eigenvalue weighted by molar-refractivity contribution is -0.139. The lowest BCUT2D eigenvalue weighted by Crippen LogP contribution is -2.50. The fourth-order valence-corrected chi connectivity index (χ4v) is 7.99. The number of imidazole rings is 1. The minimum absolute atomic E-state index is 0.163. The van der Waals surface area contributed by atoms with Crippen LogP contribution in [0.3, 0.4) is 0 Å². The van der Waals surface area contributed by atoms with Crippen LogP contribution >= 0.6 is 0 Å². The molecule has 11 N–H and O–H groups in total. The number of ketones is 2. The van der Waals surface area contributed by atoms with Crippen LogP contribution in [0.5, 0.6) is 0 Å². The fourth-order valence-electron chi connectivity index (χ4n) is 7.99. The molecule has 1 saturated heterocycles. The molecule has 0 spiro atoms. The quantitative estimate of drug-likeness (QED) is 0.0475. The Bertz CT molecular complexity index is 2260. The van der Waals surface area contributed by atoms with Gasteiger partial charge < -0.3 is 47.7 Å². The van der Waals surface area contributed by atoms with Crippen LogP contribution in [0.25, 0.3) is 21.8 Å². The monoisotopic (exact) mass is 806 g/mol. The molecule has 1 aliphatic rings.